The molecule has 0 aliphatic carbocycles. The van der Waals surface area contributed by atoms with E-state index in [1.54, 1.807) is 24.3 Å². The summed E-state index contributed by atoms with van der Waals surface area (Å²) in [5.41, 5.74) is 0.0948. The molecule has 1 fully saturated rings. The Balaban J connectivity index is 1.61. The molecule has 3 aromatic rings. The lowest BCUT2D eigenvalue weighted by atomic mass is 10.1. The molecule has 9 heteroatoms. The average Bonchev–Trinajstić information content (AvgIpc) is 2.82. The number of barbiturate groups is 1. The molecule has 1 heterocycles. The molecule has 0 bridgehead atoms. The Kier molecular flexibility index (Phi) is 6.35. The van der Waals surface area contributed by atoms with Crippen molar-refractivity contribution in [2.75, 3.05) is 12.0 Å². The molecule has 172 valence electrons. The summed E-state index contributed by atoms with van der Waals surface area (Å²) in [5.74, 6) is -2.50. The Morgan fingerprint density at radius 1 is 0.912 bits per heavy atom. The monoisotopic (exact) mass is 464 g/mol. The van der Waals surface area contributed by atoms with Gasteiger partial charge in [-0.25, -0.2) is 18.5 Å². The van der Waals surface area contributed by atoms with Crippen molar-refractivity contribution in [3.8, 4) is 11.5 Å². The first-order chi connectivity index (χ1) is 16.4. The van der Waals surface area contributed by atoms with Gasteiger partial charge in [-0.15, -0.1) is 0 Å². The number of amides is 4. The highest BCUT2D eigenvalue weighted by atomic mass is 19.1. The third kappa shape index (κ3) is 4.49. The number of nitrogens with one attached hydrogen (secondary N) is 1. The molecule has 7 nitrogen and oxygen atoms in total. The Hall–Kier alpha value is -4.53. The maximum absolute atomic E-state index is 14.2. The summed E-state index contributed by atoms with van der Waals surface area (Å²) < 4.78 is 39.0. The van der Waals surface area contributed by atoms with Crippen LogP contribution in [0.1, 0.15) is 11.1 Å². The number of imide groups is 2. The number of halogens is 2. The molecule has 0 aromatic heterocycles. The van der Waals surface area contributed by atoms with Gasteiger partial charge in [0.25, 0.3) is 11.8 Å². The van der Waals surface area contributed by atoms with Crippen LogP contribution in [0.3, 0.4) is 0 Å². The molecule has 0 unspecified atom stereocenters. The maximum Gasteiger partial charge on any atom is 0.336 e. The molecule has 0 radical (unpaired) electrons. The zero-order valence-corrected chi connectivity index (χ0v) is 17.9. The van der Waals surface area contributed by atoms with Gasteiger partial charge in [0.05, 0.1) is 12.8 Å². The average molecular weight is 464 g/mol. The molecule has 0 spiro atoms. The first-order valence-electron chi connectivity index (χ1n) is 10.1. The second-order valence-corrected chi connectivity index (χ2v) is 7.20. The van der Waals surface area contributed by atoms with Gasteiger partial charge in [-0.3, -0.25) is 14.9 Å². The highest BCUT2D eigenvalue weighted by molar-refractivity contribution is 6.39. The predicted molar refractivity (Wildman–Crippen MR) is 119 cm³/mol. The fourth-order valence-electron chi connectivity index (χ4n) is 3.34. The lowest BCUT2D eigenvalue weighted by Crippen LogP contribution is -2.54. The number of rotatable bonds is 6. The molecule has 1 N–H and O–H groups in total. The third-order valence-electron chi connectivity index (χ3n) is 5.03. The fourth-order valence-corrected chi connectivity index (χ4v) is 3.34. The van der Waals surface area contributed by atoms with Gasteiger partial charge in [-0.1, -0.05) is 36.4 Å². The summed E-state index contributed by atoms with van der Waals surface area (Å²) >= 11 is 0. The lowest BCUT2D eigenvalue weighted by Gasteiger charge is -2.26. The first kappa shape index (κ1) is 22.7. The Bertz CT molecular complexity index is 1320. The molecular weight excluding hydrogens is 446 g/mol. The molecule has 1 aliphatic heterocycles. The normalized spacial score (nSPS) is 14.9. The maximum atomic E-state index is 14.2. The quantitative estimate of drug-likeness (QED) is 0.436. The Morgan fingerprint density at radius 2 is 1.62 bits per heavy atom. The van der Waals surface area contributed by atoms with E-state index < -0.39 is 29.5 Å². The number of methoxy groups -OCH3 is 1. The van der Waals surface area contributed by atoms with E-state index in [4.69, 9.17) is 9.47 Å². The van der Waals surface area contributed by atoms with Gasteiger partial charge in [-0.05, 0) is 42.0 Å². The molecule has 34 heavy (non-hydrogen) atoms. The van der Waals surface area contributed by atoms with Crippen LogP contribution in [0, 0.1) is 11.6 Å². The van der Waals surface area contributed by atoms with E-state index in [1.807, 2.05) is 5.32 Å². The standard InChI is InChI=1S/C25H18F2N2O5/c1-33-22-13-15(10-11-21(22)34-14-16-6-2-3-7-18(16)26)12-17-23(30)28-25(32)29(24(17)31)20-9-5-4-8-19(20)27/h2-13H,14H2,1H3,(H,28,30,32)/b17-12-. The van der Waals surface area contributed by atoms with E-state index in [0.717, 1.165) is 6.07 Å². The number of hydrogen-bond acceptors (Lipinski definition) is 5. The number of hydrogen-bond donors (Lipinski definition) is 1. The third-order valence-corrected chi connectivity index (χ3v) is 5.03. The molecule has 3 aromatic carbocycles. The number of carbonyl (C=O) groups is 3. The zero-order valence-electron chi connectivity index (χ0n) is 17.9. The van der Waals surface area contributed by atoms with E-state index in [2.05, 4.69) is 0 Å². The summed E-state index contributed by atoms with van der Waals surface area (Å²) in [4.78, 5) is 38.1. The van der Waals surface area contributed by atoms with E-state index >= 15 is 0 Å². The topological polar surface area (TPSA) is 84.9 Å². The van der Waals surface area contributed by atoms with Crippen LogP contribution in [0.15, 0.2) is 72.3 Å². The van der Waals surface area contributed by atoms with Gasteiger partial charge in [0.2, 0.25) is 0 Å². The first-order valence-corrected chi connectivity index (χ1v) is 10.1. The zero-order chi connectivity index (χ0) is 24.2. The van der Waals surface area contributed by atoms with Gasteiger partial charge < -0.3 is 9.47 Å². The van der Waals surface area contributed by atoms with Crippen LogP contribution in [0.5, 0.6) is 11.5 Å². The van der Waals surface area contributed by atoms with Gasteiger partial charge in [0.15, 0.2) is 11.5 Å². The second-order valence-electron chi connectivity index (χ2n) is 7.20. The molecular formula is C25H18F2N2O5. The number of ether oxygens (including phenoxy) is 2. The van der Waals surface area contributed by atoms with Crippen molar-refractivity contribution in [2.24, 2.45) is 0 Å². The number of nitrogens with zero attached hydrogens (tertiary/aromatic N) is 1. The van der Waals surface area contributed by atoms with E-state index in [1.165, 1.54) is 49.6 Å². The molecule has 4 amide bonds. The fraction of sp³-hybridized carbons (Fsp3) is 0.0800. The number of anilines is 1. The van der Waals surface area contributed by atoms with Crippen molar-refractivity contribution >= 4 is 29.6 Å². The van der Waals surface area contributed by atoms with Crippen LogP contribution in [0.4, 0.5) is 19.3 Å². The van der Waals surface area contributed by atoms with Crippen LogP contribution < -0.4 is 19.7 Å². The summed E-state index contributed by atoms with van der Waals surface area (Å²) in [5, 5.41) is 2.04. The van der Waals surface area contributed by atoms with Crippen molar-refractivity contribution in [1.29, 1.82) is 0 Å². The van der Waals surface area contributed by atoms with Crippen molar-refractivity contribution in [3.63, 3.8) is 0 Å². The summed E-state index contributed by atoms with van der Waals surface area (Å²) in [6, 6.07) is 15.0. The van der Waals surface area contributed by atoms with Crippen LogP contribution in [-0.4, -0.2) is 25.0 Å². The highest BCUT2D eigenvalue weighted by Gasteiger charge is 2.37. The predicted octanol–water partition coefficient (Wildman–Crippen LogP) is 4.22. The van der Waals surface area contributed by atoms with Crippen molar-refractivity contribution < 1.29 is 32.6 Å². The lowest BCUT2D eigenvalue weighted by molar-refractivity contribution is -0.122. The van der Waals surface area contributed by atoms with Crippen LogP contribution in [0.25, 0.3) is 6.08 Å². The Labute approximate surface area is 193 Å². The van der Waals surface area contributed by atoms with Gasteiger partial charge in [0.1, 0.15) is 23.8 Å². The number of carbonyl (C=O) groups excluding carboxylic acids is 3. The largest absolute Gasteiger partial charge is 0.493 e. The number of benzene rings is 3. The summed E-state index contributed by atoms with van der Waals surface area (Å²) in [6.07, 6.45) is 1.25. The van der Waals surface area contributed by atoms with Crippen molar-refractivity contribution in [2.45, 2.75) is 6.61 Å². The minimum atomic E-state index is -1.05. The van der Waals surface area contributed by atoms with Crippen molar-refractivity contribution in [3.05, 3.63) is 95.1 Å². The van der Waals surface area contributed by atoms with Crippen LogP contribution in [-0.2, 0) is 16.2 Å². The smallest absolute Gasteiger partial charge is 0.336 e. The number of para-hydroxylation sites is 1. The van der Waals surface area contributed by atoms with Gasteiger partial charge in [0, 0.05) is 5.56 Å². The van der Waals surface area contributed by atoms with Gasteiger partial charge >= 0.3 is 6.03 Å². The van der Waals surface area contributed by atoms with Gasteiger partial charge in [-0.2, -0.15) is 0 Å². The highest BCUT2D eigenvalue weighted by Crippen LogP contribution is 2.31. The summed E-state index contributed by atoms with van der Waals surface area (Å²) in [6.45, 7) is -0.0376. The van der Waals surface area contributed by atoms with Crippen LogP contribution >= 0.6 is 0 Å². The minimum absolute atomic E-state index is 0.0376. The van der Waals surface area contributed by atoms with E-state index in [-0.39, 0.29) is 23.6 Å². The molecule has 1 aliphatic rings. The van der Waals surface area contributed by atoms with E-state index in [0.29, 0.717) is 21.8 Å². The molecule has 0 atom stereocenters. The Morgan fingerprint density at radius 3 is 2.32 bits per heavy atom. The minimum Gasteiger partial charge on any atom is -0.493 e. The summed E-state index contributed by atoms with van der Waals surface area (Å²) in [7, 11) is 1.40. The molecule has 4 rings (SSSR count). The van der Waals surface area contributed by atoms with Crippen molar-refractivity contribution in [1.82, 2.24) is 5.32 Å². The van der Waals surface area contributed by atoms with Crippen LogP contribution in [0.2, 0.25) is 0 Å². The molecule has 0 saturated carbocycles. The SMILES string of the molecule is COc1cc(/C=C2/C(=O)NC(=O)N(c3ccccc3F)C2=O)ccc1OCc1ccccc1F. The molecule has 1 saturated heterocycles. The second kappa shape index (κ2) is 9.53. The number of urea groups is 1. The van der Waals surface area contributed by atoms with E-state index in [9.17, 15) is 23.2 Å².